The second-order valence-corrected chi connectivity index (χ2v) is 6.38. The van der Waals surface area contributed by atoms with Crippen LogP contribution < -0.4 is 5.32 Å². The van der Waals surface area contributed by atoms with Gasteiger partial charge in [-0.1, -0.05) is 12.1 Å². The Labute approximate surface area is 146 Å². The molecule has 0 radical (unpaired) electrons. The van der Waals surface area contributed by atoms with Crippen LogP contribution in [0.15, 0.2) is 57.8 Å². The van der Waals surface area contributed by atoms with Gasteiger partial charge in [0.1, 0.15) is 17.1 Å². The van der Waals surface area contributed by atoms with Gasteiger partial charge in [-0.3, -0.25) is 4.79 Å². The van der Waals surface area contributed by atoms with Crippen molar-refractivity contribution in [1.82, 2.24) is 5.32 Å². The van der Waals surface area contributed by atoms with Gasteiger partial charge in [0.25, 0.3) is 5.91 Å². The Hall–Kier alpha value is -2.79. The summed E-state index contributed by atoms with van der Waals surface area (Å²) in [5.74, 6) is 1.13. The third-order valence-corrected chi connectivity index (χ3v) is 4.19. The molecule has 1 atom stereocenters. The Morgan fingerprint density at radius 1 is 1.20 bits per heavy atom. The fourth-order valence-electron chi connectivity index (χ4n) is 2.88. The molecule has 1 aromatic carbocycles. The van der Waals surface area contributed by atoms with Gasteiger partial charge in [-0.2, -0.15) is 0 Å². The van der Waals surface area contributed by atoms with E-state index in [0.29, 0.717) is 16.9 Å². The minimum absolute atomic E-state index is 0.0849. The van der Waals surface area contributed by atoms with Crippen molar-refractivity contribution < 1.29 is 18.7 Å². The van der Waals surface area contributed by atoms with Crippen LogP contribution in [0.4, 0.5) is 0 Å². The van der Waals surface area contributed by atoms with Gasteiger partial charge in [-0.05, 0) is 50.6 Å². The largest absolute Gasteiger partial charge is 0.472 e. The molecule has 5 heteroatoms. The van der Waals surface area contributed by atoms with Gasteiger partial charge in [-0.15, -0.1) is 0 Å². The van der Waals surface area contributed by atoms with E-state index in [1.165, 1.54) is 0 Å². The molecule has 0 aliphatic carbocycles. The molecular formula is C20H21NO4. The monoisotopic (exact) mass is 339 g/mol. The molecule has 0 fully saturated rings. The number of carbonyl (C=O) groups excluding carboxylic acids is 1. The minimum atomic E-state index is -1.21. The maximum Gasteiger partial charge on any atom is 0.251 e. The molecule has 130 valence electrons. The highest BCUT2D eigenvalue weighted by molar-refractivity contribution is 5.95. The highest BCUT2D eigenvalue weighted by atomic mass is 16.3. The summed E-state index contributed by atoms with van der Waals surface area (Å²) in [6.45, 7) is 5.37. The Balaban J connectivity index is 1.72. The summed E-state index contributed by atoms with van der Waals surface area (Å²) >= 11 is 0. The van der Waals surface area contributed by atoms with E-state index in [1.807, 2.05) is 25.1 Å². The number of aliphatic hydroxyl groups is 1. The Morgan fingerprint density at radius 3 is 2.64 bits per heavy atom. The average Bonchev–Trinajstić information content (AvgIpc) is 3.22. The van der Waals surface area contributed by atoms with Gasteiger partial charge >= 0.3 is 0 Å². The molecule has 3 rings (SSSR count). The lowest BCUT2D eigenvalue weighted by Crippen LogP contribution is -2.38. The van der Waals surface area contributed by atoms with E-state index in [-0.39, 0.29) is 12.5 Å². The first-order valence-electron chi connectivity index (χ1n) is 8.07. The van der Waals surface area contributed by atoms with E-state index in [9.17, 15) is 9.90 Å². The molecule has 0 bridgehead atoms. The lowest BCUT2D eigenvalue weighted by Gasteiger charge is -2.23. The normalized spacial score (nSPS) is 13.4. The number of hydrogen-bond acceptors (Lipinski definition) is 4. The van der Waals surface area contributed by atoms with Gasteiger partial charge in [0.2, 0.25) is 0 Å². The van der Waals surface area contributed by atoms with Crippen molar-refractivity contribution in [1.29, 1.82) is 0 Å². The minimum Gasteiger partial charge on any atom is -0.472 e. The van der Waals surface area contributed by atoms with E-state index in [4.69, 9.17) is 8.83 Å². The van der Waals surface area contributed by atoms with Crippen LogP contribution in [0.1, 0.15) is 34.4 Å². The Bertz CT molecular complexity index is 875. The van der Waals surface area contributed by atoms with Crippen LogP contribution in [0, 0.1) is 13.8 Å². The SMILES string of the molecule is Cc1cc(C(C)(O)CNC(=O)c2cccc(-c3ccoc3)c2)c(C)o1. The summed E-state index contributed by atoms with van der Waals surface area (Å²) in [5.41, 5.74) is 1.80. The smallest absolute Gasteiger partial charge is 0.251 e. The van der Waals surface area contributed by atoms with E-state index < -0.39 is 5.60 Å². The maximum atomic E-state index is 12.5. The predicted molar refractivity (Wildman–Crippen MR) is 94.2 cm³/mol. The van der Waals surface area contributed by atoms with Gasteiger partial charge < -0.3 is 19.3 Å². The molecule has 0 spiro atoms. The van der Waals surface area contributed by atoms with E-state index >= 15 is 0 Å². The molecule has 0 saturated carbocycles. The fourth-order valence-corrected chi connectivity index (χ4v) is 2.88. The summed E-state index contributed by atoms with van der Waals surface area (Å²) in [7, 11) is 0. The zero-order valence-electron chi connectivity index (χ0n) is 14.5. The van der Waals surface area contributed by atoms with Crippen LogP contribution in [0.25, 0.3) is 11.1 Å². The second-order valence-electron chi connectivity index (χ2n) is 6.38. The molecule has 0 aliphatic rings. The van der Waals surface area contributed by atoms with Crippen LogP contribution in [0.5, 0.6) is 0 Å². The second kappa shape index (κ2) is 6.61. The number of amides is 1. The fraction of sp³-hybridized carbons (Fsp3) is 0.250. The predicted octanol–water partition coefficient (Wildman–Crippen LogP) is 3.79. The molecule has 2 heterocycles. The number of nitrogens with one attached hydrogen (secondary N) is 1. The quantitative estimate of drug-likeness (QED) is 0.741. The van der Waals surface area contributed by atoms with Gasteiger partial charge in [0.05, 0.1) is 19.1 Å². The van der Waals surface area contributed by atoms with Crippen molar-refractivity contribution in [2.24, 2.45) is 0 Å². The summed E-state index contributed by atoms with van der Waals surface area (Å²) in [5, 5.41) is 13.5. The first-order valence-corrected chi connectivity index (χ1v) is 8.07. The molecule has 2 aromatic heterocycles. The number of hydrogen-bond donors (Lipinski definition) is 2. The highest BCUT2D eigenvalue weighted by Gasteiger charge is 2.28. The molecule has 0 aliphatic heterocycles. The molecule has 5 nitrogen and oxygen atoms in total. The van der Waals surface area contributed by atoms with Crippen molar-refractivity contribution >= 4 is 5.91 Å². The van der Waals surface area contributed by atoms with Gasteiger partial charge in [-0.25, -0.2) is 0 Å². The number of rotatable bonds is 5. The van der Waals surface area contributed by atoms with E-state index in [2.05, 4.69) is 5.32 Å². The first-order chi connectivity index (χ1) is 11.9. The first kappa shape index (κ1) is 17.0. The number of carbonyl (C=O) groups is 1. The van der Waals surface area contributed by atoms with Crippen molar-refractivity contribution in [3.63, 3.8) is 0 Å². The van der Waals surface area contributed by atoms with Gasteiger partial charge in [0.15, 0.2) is 0 Å². The van der Waals surface area contributed by atoms with Gasteiger partial charge in [0, 0.05) is 16.7 Å². The molecular weight excluding hydrogens is 318 g/mol. The lowest BCUT2D eigenvalue weighted by atomic mass is 9.96. The number of aryl methyl sites for hydroxylation is 2. The molecule has 0 saturated heterocycles. The molecule has 25 heavy (non-hydrogen) atoms. The Kier molecular flexibility index (Phi) is 4.51. The van der Waals surface area contributed by atoms with E-state index in [1.54, 1.807) is 44.6 Å². The van der Waals surface area contributed by atoms with Crippen LogP contribution in [0.2, 0.25) is 0 Å². The van der Waals surface area contributed by atoms with Crippen molar-refractivity contribution in [3.05, 3.63) is 71.6 Å². The lowest BCUT2D eigenvalue weighted by molar-refractivity contribution is 0.0514. The standard InChI is InChI=1S/C20H21NO4/c1-13-9-18(14(2)25-13)20(3,23)12-21-19(22)16-6-4-5-15(10-16)17-7-8-24-11-17/h4-11,23H,12H2,1-3H3,(H,21,22). The molecule has 3 aromatic rings. The van der Waals surface area contributed by atoms with E-state index in [0.717, 1.165) is 16.9 Å². The summed E-state index contributed by atoms with van der Waals surface area (Å²) in [6.07, 6.45) is 3.22. The molecule has 2 N–H and O–H groups in total. The molecule has 1 unspecified atom stereocenters. The topological polar surface area (TPSA) is 75.6 Å². The van der Waals surface area contributed by atoms with Crippen molar-refractivity contribution in [3.8, 4) is 11.1 Å². The average molecular weight is 339 g/mol. The zero-order chi connectivity index (χ0) is 18.0. The summed E-state index contributed by atoms with van der Waals surface area (Å²) in [6, 6.07) is 10.9. The third kappa shape index (κ3) is 3.67. The van der Waals surface area contributed by atoms with Crippen molar-refractivity contribution in [2.75, 3.05) is 6.54 Å². The van der Waals surface area contributed by atoms with Crippen LogP contribution >= 0.6 is 0 Å². The van der Waals surface area contributed by atoms with Crippen molar-refractivity contribution in [2.45, 2.75) is 26.4 Å². The number of benzene rings is 1. The highest BCUT2D eigenvalue weighted by Crippen LogP contribution is 2.26. The third-order valence-electron chi connectivity index (χ3n) is 4.19. The number of furan rings is 2. The summed E-state index contributed by atoms with van der Waals surface area (Å²) in [4.78, 5) is 12.5. The van der Waals surface area contributed by atoms with Crippen LogP contribution in [0.3, 0.4) is 0 Å². The summed E-state index contributed by atoms with van der Waals surface area (Å²) < 4.78 is 10.5. The maximum absolute atomic E-state index is 12.5. The van der Waals surface area contributed by atoms with Crippen LogP contribution in [-0.4, -0.2) is 17.6 Å². The zero-order valence-corrected chi connectivity index (χ0v) is 14.5. The molecule has 1 amide bonds. The Morgan fingerprint density at radius 2 is 2.00 bits per heavy atom. The van der Waals surface area contributed by atoms with Crippen LogP contribution in [-0.2, 0) is 5.60 Å².